The molecular formula is C16H28N4. The highest BCUT2D eigenvalue weighted by atomic mass is 15.2. The van der Waals surface area contributed by atoms with Gasteiger partial charge in [0.15, 0.2) is 0 Å². The Balaban J connectivity index is 1.88. The van der Waals surface area contributed by atoms with Gasteiger partial charge in [0.25, 0.3) is 0 Å². The standard InChI is InChI=1S/C16H28N4/c1-6-16(10-20(11-16)13(4)5)9-19-15-17-7-14(8-18-15)12(2)3/h7-8,12-13H,6,9-11H2,1-5H3,(H,17,18,19). The Morgan fingerprint density at radius 1 is 1.20 bits per heavy atom. The molecule has 4 heteroatoms. The largest absolute Gasteiger partial charge is 0.354 e. The fraction of sp³-hybridized carbons (Fsp3) is 0.750. The number of aromatic nitrogens is 2. The number of nitrogens with one attached hydrogen (secondary N) is 1. The molecule has 2 heterocycles. The van der Waals surface area contributed by atoms with Crippen molar-refractivity contribution in [2.75, 3.05) is 25.0 Å². The van der Waals surface area contributed by atoms with Crippen LogP contribution in [-0.4, -0.2) is 40.5 Å². The lowest BCUT2D eigenvalue weighted by molar-refractivity contribution is -0.0149. The Labute approximate surface area is 123 Å². The third kappa shape index (κ3) is 3.29. The summed E-state index contributed by atoms with van der Waals surface area (Å²) < 4.78 is 0. The van der Waals surface area contributed by atoms with Crippen molar-refractivity contribution in [2.24, 2.45) is 5.41 Å². The van der Waals surface area contributed by atoms with Gasteiger partial charge in [-0.25, -0.2) is 9.97 Å². The van der Waals surface area contributed by atoms with E-state index in [1.807, 2.05) is 12.4 Å². The Morgan fingerprint density at radius 3 is 2.25 bits per heavy atom. The van der Waals surface area contributed by atoms with Crippen molar-refractivity contribution >= 4 is 5.95 Å². The molecule has 4 nitrogen and oxygen atoms in total. The van der Waals surface area contributed by atoms with Gasteiger partial charge in [-0.05, 0) is 31.7 Å². The van der Waals surface area contributed by atoms with Gasteiger partial charge >= 0.3 is 0 Å². The average molecular weight is 276 g/mol. The van der Waals surface area contributed by atoms with E-state index in [-0.39, 0.29) is 0 Å². The molecule has 1 aromatic rings. The molecule has 0 bridgehead atoms. The summed E-state index contributed by atoms with van der Waals surface area (Å²) in [4.78, 5) is 11.3. The number of rotatable bonds is 6. The van der Waals surface area contributed by atoms with E-state index in [0.717, 1.165) is 12.5 Å². The molecule has 0 spiro atoms. The first-order chi connectivity index (χ1) is 9.46. The number of hydrogen-bond acceptors (Lipinski definition) is 4. The van der Waals surface area contributed by atoms with Crippen LogP contribution in [0.15, 0.2) is 12.4 Å². The van der Waals surface area contributed by atoms with Crippen LogP contribution in [0.1, 0.15) is 52.5 Å². The summed E-state index contributed by atoms with van der Waals surface area (Å²) in [5, 5.41) is 3.42. The van der Waals surface area contributed by atoms with Crippen molar-refractivity contribution in [3.63, 3.8) is 0 Å². The zero-order valence-electron chi connectivity index (χ0n) is 13.5. The van der Waals surface area contributed by atoms with E-state index in [4.69, 9.17) is 0 Å². The zero-order chi connectivity index (χ0) is 14.8. The molecule has 1 aromatic heterocycles. The highest BCUT2D eigenvalue weighted by Crippen LogP contribution is 2.35. The molecule has 1 fully saturated rings. The zero-order valence-corrected chi connectivity index (χ0v) is 13.5. The van der Waals surface area contributed by atoms with Crippen molar-refractivity contribution in [3.05, 3.63) is 18.0 Å². The van der Waals surface area contributed by atoms with Crippen LogP contribution in [0.2, 0.25) is 0 Å². The van der Waals surface area contributed by atoms with E-state index in [0.29, 0.717) is 17.4 Å². The molecule has 112 valence electrons. The minimum absolute atomic E-state index is 0.393. The maximum atomic E-state index is 4.41. The van der Waals surface area contributed by atoms with Gasteiger partial charge in [-0.15, -0.1) is 0 Å². The molecule has 0 saturated carbocycles. The van der Waals surface area contributed by atoms with Gasteiger partial charge in [0.05, 0.1) is 0 Å². The van der Waals surface area contributed by atoms with Crippen molar-refractivity contribution in [3.8, 4) is 0 Å². The van der Waals surface area contributed by atoms with Crippen molar-refractivity contribution in [1.82, 2.24) is 14.9 Å². The molecule has 1 N–H and O–H groups in total. The van der Waals surface area contributed by atoms with Crippen LogP contribution in [0.5, 0.6) is 0 Å². The van der Waals surface area contributed by atoms with Gasteiger partial charge in [-0.2, -0.15) is 0 Å². The minimum atomic E-state index is 0.393. The van der Waals surface area contributed by atoms with Gasteiger partial charge in [-0.1, -0.05) is 20.8 Å². The van der Waals surface area contributed by atoms with Crippen LogP contribution >= 0.6 is 0 Å². The minimum Gasteiger partial charge on any atom is -0.354 e. The smallest absolute Gasteiger partial charge is 0.222 e. The second-order valence-corrected chi connectivity index (χ2v) is 6.70. The molecule has 0 atom stereocenters. The summed E-state index contributed by atoms with van der Waals surface area (Å²) in [5.41, 5.74) is 1.58. The molecule has 0 aliphatic carbocycles. The maximum absolute atomic E-state index is 4.41. The molecule has 2 rings (SSSR count). The van der Waals surface area contributed by atoms with Crippen LogP contribution in [0.3, 0.4) is 0 Å². The Bertz CT molecular complexity index is 419. The lowest BCUT2D eigenvalue weighted by Crippen LogP contribution is -2.61. The van der Waals surface area contributed by atoms with Crippen LogP contribution in [0.25, 0.3) is 0 Å². The quantitative estimate of drug-likeness (QED) is 0.866. The highest BCUT2D eigenvalue weighted by molar-refractivity contribution is 5.26. The molecule has 1 aliphatic heterocycles. The van der Waals surface area contributed by atoms with Crippen molar-refractivity contribution in [1.29, 1.82) is 0 Å². The normalized spacial score (nSPS) is 18.4. The summed E-state index contributed by atoms with van der Waals surface area (Å²) in [6.45, 7) is 14.5. The van der Waals surface area contributed by atoms with E-state index in [2.05, 4.69) is 54.8 Å². The van der Waals surface area contributed by atoms with Crippen LogP contribution in [0, 0.1) is 5.41 Å². The second kappa shape index (κ2) is 6.08. The molecule has 1 aliphatic rings. The highest BCUT2D eigenvalue weighted by Gasteiger charge is 2.42. The maximum Gasteiger partial charge on any atom is 0.222 e. The third-order valence-electron chi connectivity index (χ3n) is 4.52. The predicted octanol–water partition coefficient (Wildman–Crippen LogP) is 3.13. The monoisotopic (exact) mass is 276 g/mol. The number of anilines is 1. The van der Waals surface area contributed by atoms with Gasteiger partial charge < -0.3 is 5.32 Å². The average Bonchev–Trinajstić information content (AvgIpc) is 2.38. The van der Waals surface area contributed by atoms with E-state index in [1.165, 1.54) is 25.1 Å². The van der Waals surface area contributed by atoms with Gasteiger partial charge in [0, 0.05) is 43.5 Å². The molecule has 0 radical (unpaired) electrons. The molecule has 0 aromatic carbocycles. The number of nitrogens with zero attached hydrogens (tertiary/aromatic N) is 3. The number of hydrogen-bond donors (Lipinski definition) is 1. The fourth-order valence-electron chi connectivity index (χ4n) is 2.63. The predicted molar refractivity (Wildman–Crippen MR) is 84.0 cm³/mol. The Kier molecular flexibility index (Phi) is 4.63. The molecule has 0 amide bonds. The summed E-state index contributed by atoms with van der Waals surface area (Å²) in [5.74, 6) is 1.24. The van der Waals surface area contributed by atoms with E-state index < -0.39 is 0 Å². The van der Waals surface area contributed by atoms with Gasteiger partial charge in [0.2, 0.25) is 5.95 Å². The Morgan fingerprint density at radius 2 is 1.80 bits per heavy atom. The molecule has 1 saturated heterocycles. The van der Waals surface area contributed by atoms with Crippen LogP contribution in [-0.2, 0) is 0 Å². The van der Waals surface area contributed by atoms with Crippen molar-refractivity contribution < 1.29 is 0 Å². The number of likely N-dealkylation sites (tertiary alicyclic amines) is 1. The summed E-state index contributed by atoms with van der Waals surface area (Å²) in [6, 6.07) is 0.649. The van der Waals surface area contributed by atoms with Crippen molar-refractivity contribution in [2.45, 2.75) is 53.0 Å². The first-order valence-electron chi connectivity index (χ1n) is 7.75. The van der Waals surface area contributed by atoms with Crippen LogP contribution < -0.4 is 5.32 Å². The SMILES string of the molecule is CCC1(CNc2ncc(C(C)C)cn2)CN(C(C)C)C1. The topological polar surface area (TPSA) is 41.1 Å². The molecule has 0 unspecified atom stereocenters. The fourth-order valence-corrected chi connectivity index (χ4v) is 2.63. The third-order valence-corrected chi connectivity index (χ3v) is 4.52. The second-order valence-electron chi connectivity index (χ2n) is 6.70. The Hall–Kier alpha value is -1.16. The summed E-state index contributed by atoms with van der Waals surface area (Å²) in [6.07, 6.45) is 5.06. The molecule has 20 heavy (non-hydrogen) atoms. The lowest BCUT2D eigenvalue weighted by atomic mass is 9.76. The van der Waals surface area contributed by atoms with E-state index in [1.54, 1.807) is 0 Å². The van der Waals surface area contributed by atoms with Gasteiger partial charge in [-0.3, -0.25) is 4.90 Å². The first-order valence-corrected chi connectivity index (χ1v) is 7.75. The first kappa shape index (κ1) is 15.2. The van der Waals surface area contributed by atoms with Crippen LogP contribution in [0.4, 0.5) is 5.95 Å². The summed E-state index contributed by atoms with van der Waals surface area (Å²) >= 11 is 0. The van der Waals surface area contributed by atoms with Gasteiger partial charge in [0.1, 0.15) is 0 Å². The lowest BCUT2D eigenvalue weighted by Gasteiger charge is -2.52. The van der Waals surface area contributed by atoms with E-state index in [9.17, 15) is 0 Å². The summed E-state index contributed by atoms with van der Waals surface area (Å²) in [7, 11) is 0. The van der Waals surface area contributed by atoms with E-state index >= 15 is 0 Å². The molecular weight excluding hydrogens is 248 g/mol.